The predicted octanol–water partition coefficient (Wildman–Crippen LogP) is 12.2. The lowest BCUT2D eigenvalue weighted by Crippen LogP contribution is -2.57. The Morgan fingerprint density at radius 3 is 1.04 bits per heavy atom. The minimum Gasteiger partial charge on any atom is -0.310 e. The molecule has 0 aliphatic carbocycles. The van der Waals surface area contributed by atoms with E-state index in [1.165, 1.54) is 155 Å². The lowest BCUT2D eigenvalue weighted by atomic mass is 9.35. The lowest BCUT2D eigenvalue weighted by Gasteiger charge is -2.31. The second-order valence-corrected chi connectivity index (χ2v) is 19.8. The molecule has 0 fully saturated rings. The van der Waals surface area contributed by atoms with Crippen LogP contribution in [-0.2, 0) is 0 Å². The number of rotatable bonds is 4. The van der Waals surface area contributed by atoms with Gasteiger partial charge in [0.15, 0.2) is 0 Å². The van der Waals surface area contributed by atoms with E-state index in [-0.39, 0.29) is 13.4 Å². The minimum absolute atomic E-state index is 0.0540. The van der Waals surface area contributed by atoms with Crippen LogP contribution in [0.4, 0.5) is 0 Å². The molecule has 6 heterocycles. The Hall–Kier alpha value is -8.85. The van der Waals surface area contributed by atoms with Gasteiger partial charge in [-0.2, -0.15) is 0 Å². The first kappa shape index (κ1) is 37.2. The summed E-state index contributed by atoms with van der Waals surface area (Å²) in [5.74, 6) is 0. The molecule has 0 amide bonds. The summed E-state index contributed by atoms with van der Waals surface area (Å²) in [7, 11) is 0. The van der Waals surface area contributed by atoms with Crippen LogP contribution < -0.4 is 32.8 Å². The van der Waals surface area contributed by atoms with Gasteiger partial charge in [0, 0.05) is 32.9 Å². The van der Waals surface area contributed by atoms with Gasteiger partial charge in [-0.1, -0.05) is 193 Å². The number of hydrogen-bond acceptors (Lipinski definition) is 0. The van der Waals surface area contributed by atoms with Gasteiger partial charge in [0.1, 0.15) is 0 Å². The maximum atomic E-state index is 2.66. The second-order valence-electron chi connectivity index (χ2n) is 19.8. The maximum Gasteiger partial charge on any atom is 0.248 e. The Morgan fingerprint density at radius 2 is 0.629 bits per heavy atom. The van der Waals surface area contributed by atoms with E-state index in [0.717, 1.165) is 0 Å². The summed E-state index contributed by atoms with van der Waals surface area (Å²) in [4.78, 5) is 0. The van der Waals surface area contributed by atoms with Gasteiger partial charge in [-0.15, -0.1) is 0 Å². The molecular formula is C66H38B2N2. The predicted molar refractivity (Wildman–Crippen MR) is 297 cm³/mol. The quantitative estimate of drug-likeness (QED) is 0.156. The van der Waals surface area contributed by atoms with Crippen LogP contribution in [0.2, 0.25) is 0 Å². The molecule has 2 nitrogen and oxygen atoms in total. The zero-order chi connectivity index (χ0) is 45.3. The summed E-state index contributed by atoms with van der Waals surface area (Å²) in [6.07, 6.45) is 0. The molecule has 0 saturated carbocycles. The molecule has 0 bridgehead atoms. The van der Waals surface area contributed by atoms with Gasteiger partial charge < -0.3 is 9.13 Å². The summed E-state index contributed by atoms with van der Waals surface area (Å²) in [5.41, 5.74) is 31.5. The van der Waals surface area contributed by atoms with E-state index in [4.69, 9.17) is 0 Å². The fourth-order valence-corrected chi connectivity index (χ4v) is 13.7. The Bertz CT molecular complexity index is 4170. The van der Waals surface area contributed by atoms with Crippen LogP contribution in [0, 0.1) is 0 Å². The van der Waals surface area contributed by atoms with Gasteiger partial charge in [0.05, 0.1) is 22.1 Å². The fourth-order valence-electron chi connectivity index (χ4n) is 13.7. The van der Waals surface area contributed by atoms with Gasteiger partial charge in [0.2, 0.25) is 13.4 Å². The van der Waals surface area contributed by atoms with E-state index in [1.807, 2.05) is 0 Å². The monoisotopic (exact) mass is 880 g/mol. The Morgan fingerprint density at radius 1 is 0.257 bits per heavy atom. The zero-order valence-electron chi connectivity index (χ0n) is 38.0. The highest BCUT2D eigenvalue weighted by Gasteiger charge is 2.47. The number of benzene rings is 11. The third-order valence-electron chi connectivity index (χ3n) is 16.5. The Labute approximate surface area is 405 Å². The van der Waals surface area contributed by atoms with Crippen molar-refractivity contribution >= 4 is 89.8 Å². The molecule has 0 unspecified atom stereocenters. The van der Waals surface area contributed by atoms with Crippen LogP contribution in [-0.4, -0.2) is 22.6 Å². The SMILES string of the molecule is c1ccc(-c2ccc3c(c2)c2cc(-c4ccccc4)c4c5c2n3-c2cc3c(cc2B5c2ccccc2-4)-n2c4ccc(-c5ccccc5)cc4c4cc(-c5ccccc5)c5c(c42)B3c2ccccc2-5)cc1. The van der Waals surface area contributed by atoms with Crippen molar-refractivity contribution < 1.29 is 0 Å². The van der Waals surface area contributed by atoms with Crippen molar-refractivity contribution in [2.24, 2.45) is 0 Å². The first-order chi connectivity index (χ1) is 34.8. The summed E-state index contributed by atoms with van der Waals surface area (Å²) in [6, 6.07) is 87.2. The van der Waals surface area contributed by atoms with Crippen molar-refractivity contribution in [1.29, 1.82) is 0 Å². The molecule has 0 spiro atoms. The molecule has 2 aromatic heterocycles. The molecule has 4 aliphatic rings. The number of aromatic nitrogens is 2. The van der Waals surface area contributed by atoms with Crippen molar-refractivity contribution in [2.75, 3.05) is 0 Å². The topological polar surface area (TPSA) is 9.86 Å². The average Bonchev–Trinajstić information content (AvgIpc) is 4.17. The third-order valence-corrected chi connectivity index (χ3v) is 16.5. The largest absolute Gasteiger partial charge is 0.310 e. The highest BCUT2D eigenvalue weighted by Crippen LogP contribution is 2.47. The number of hydrogen-bond donors (Lipinski definition) is 0. The van der Waals surface area contributed by atoms with E-state index >= 15 is 0 Å². The highest BCUT2D eigenvalue weighted by molar-refractivity contribution is 7.03. The first-order valence-corrected chi connectivity index (χ1v) is 24.7. The van der Waals surface area contributed by atoms with Gasteiger partial charge in [-0.25, -0.2) is 0 Å². The average molecular weight is 881 g/mol. The van der Waals surface area contributed by atoms with Gasteiger partial charge in [-0.05, 0) is 137 Å². The molecule has 70 heavy (non-hydrogen) atoms. The molecular weight excluding hydrogens is 842 g/mol. The van der Waals surface area contributed by atoms with Crippen LogP contribution in [0.3, 0.4) is 0 Å². The van der Waals surface area contributed by atoms with Crippen molar-refractivity contribution in [1.82, 2.24) is 9.13 Å². The molecule has 0 saturated heterocycles. The molecule has 0 atom stereocenters. The molecule has 0 radical (unpaired) electrons. The summed E-state index contributed by atoms with van der Waals surface area (Å²) < 4.78 is 5.33. The van der Waals surface area contributed by atoms with Crippen molar-refractivity contribution in [3.63, 3.8) is 0 Å². The minimum atomic E-state index is 0.0540. The van der Waals surface area contributed by atoms with E-state index < -0.39 is 0 Å². The van der Waals surface area contributed by atoms with Crippen molar-refractivity contribution in [2.45, 2.75) is 0 Å². The Kier molecular flexibility index (Phi) is 7.13. The fraction of sp³-hybridized carbons (Fsp3) is 0. The molecule has 13 aromatic rings. The third kappa shape index (κ3) is 4.66. The standard InChI is InChI=1S/C66H38B2N2/c1-5-17-39(18-6-1)43-29-31-57-49(33-43)51-35-47(41-21-9-3-10-22-41)61-45-25-13-15-27-53(45)67-55-38-60-56(37-59(55)69(57)65(51)63(61)67)68-54-28-16-14-26-46(54)62-48(42-23-11-4-12-24-42)36-52-50-34-44(40-19-7-2-8-20-40)30-32-58(50)70(60)66(52)64(62)68/h1-38H. The van der Waals surface area contributed by atoms with Crippen molar-refractivity contribution in [3.05, 3.63) is 231 Å². The lowest BCUT2D eigenvalue weighted by molar-refractivity contribution is 1.16. The summed E-state index contributed by atoms with van der Waals surface area (Å²) >= 11 is 0. The molecule has 4 aliphatic heterocycles. The smallest absolute Gasteiger partial charge is 0.248 e. The molecule has 0 N–H and O–H groups in total. The van der Waals surface area contributed by atoms with Crippen LogP contribution in [0.1, 0.15) is 0 Å². The van der Waals surface area contributed by atoms with Gasteiger partial charge in [0.25, 0.3) is 0 Å². The summed E-state index contributed by atoms with van der Waals surface area (Å²) in [6.45, 7) is 0.108. The summed E-state index contributed by atoms with van der Waals surface area (Å²) in [5, 5.41) is 5.20. The van der Waals surface area contributed by atoms with Gasteiger partial charge >= 0.3 is 0 Å². The van der Waals surface area contributed by atoms with Crippen LogP contribution in [0.5, 0.6) is 0 Å². The van der Waals surface area contributed by atoms with E-state index in [1.54, 1.807) is 0 Å². The van der Waals surface area contributed by atoms with E-state index in [2.05, 4.69) is 240 Å². The normalized spacial score (nSPS) is 13.1. The van der Waals surface area contributed by atoms with Gasteiger partial charge in [-0.3, -0.25) is 0 Å². The highest BCUT2D eigenvalue weighted by atomic mass is 15.0. The van der Waals surface area contributed by atoms with Crippen LogP contribution in [0.25, 0.3) is 122 Å². The molecule has 318 valence electrons. The van der Waals surface area contributed by atoms with Crippen LogP contribution in [0.15, 0.2) is 231 Å². The molecule has 4 heteroatoms. The maximum absolute atomic E-state index is 2.66. The van der Waals surface area contributed by atoms with Crippen LogP contribution >= 0.6 is 0 Å². The molecule has 17 rings (SSSR count). The number of fused-ring (bicyclic) bond motifs is 18. The van der Waals surface area contributed by atoms with E-state index in [9.17, 15) is 0 Å². The zero-order valence-corrected chi connectivity index (χ0v) is 38.0. The number of nitrogens with zero attached hydrogens (tertiary/aromatic N) is 2. The molecule has 11 aromatic carbocycles. The van der Waals surface area contributed by atoms with Crippen molar-refractivity contribution in [3.8, 4) is 78.1 Å². The Balaban J connectivity index is 1.03. The first-order valence-electron chi connectivity index (χ1n) is 24.7. The van der Waals surface area contributed by atoms with E-state index in [0.29, 0.717) is 0 Å². The second kappa shape index (κ2) is 13.4.